The van der Waals surface area contributed by atoms with E-state index in [4.69, 9.17) is 5.73 Å². The van der Waals surface area contributed by atoms with Gasteiger partial charge in [0.15, 0.2) is 0 Å². The van der Waals surface area contributed by atoms with Crippen molar-refractivity contribution in [2.45, 2.75) is 45.7 Å². The Bertz CT molecular complexity index is 264. The molecule has 1 rings (SSSR count). The van der Waals surface area contributed by atoms with Gasteiger partial charge in [-0.3, -0.25) is 9.69 Å². The summed E-state index contributed by atoms with van der Waals surface area (Å²) in [5.41, 5.74) is 5.80. The molecule has 0 aromatic rings. The van der Waals surface area contributed by atoms with Gasteiger partial charge in [0.05, 0.1) is 6.04 Å². The average molecular weight is 270 g/mol. The molecule has 112 valence electrons. The second kappa shape index (κ2) is 8.51. The van der Waals surface area contributed by atoms with Crippen LogP contribution in [0.25, 0.3) is 0 Å². The molecule has 19 heavy (non-hydrogen) atoms. The summed E-state index contributed by atoms with van der Waals surface area (Å²) in [5.74, 6) is -0.0131. The maximum Gasteiger partial charge on any atom is 0.236 e. The number of hydrogen-bond acceptors (Lipinski definition) is 4. The molecule has 1 fully saturated rings. The summed E-state index contributed by atoms with van der Waals surface area (Å²) in [4.78, 5) is 16.7. The van der Waals surface area contributed by atoms with Crippen molar-refractivity contribution in [3.8, 4) is 0 Å². The number of piperazine rings is 1. The summed E-state index contributed by atoms with van der Waals surface area (Å²) in [5, 5.41) is 2.97. The third-order valence-electron chi connectivity index (χ3n) is 3.99. The Hall–Kier alpha value is -0.650. The third-order valence-corrected chi connectivity index (χ3v) is 3.99. The van der Waals surface area contributed by atoms with Gasteiger partial charge in [-0.1, -0.05) is 20.3 Å². The molecule has 1 aliphatic heterocycles. The molecule has 0 spiro atoms. The van der Waals surface area contributed by atoms with Gasteiger partial charge in [-0.25, -0.2) is 0 Å². The number of nitrogens with one attached hydrogen (secondary N) is 1. The number of carbonyl (C=O) groups is 1. The van der Waals surface area contributed by atoms with Gasteiger partial charge in [0, 0.05) is 38.8 Å². The molecule has 5 nitrogen and oxygen atoms in total. The molecule has 2 atom stereocenters. The van der Waals surface area contributed by atoms with Crippen molar-refractivity contribution in [1.29, 1.82) is 0 Å². The number of nitrogens with zero attached hydrogens (tertiary/aromatic N) is 2. The quantitative estimate of drug-likeness (QED) is 0.696. The monoisotopic (exact) mass is 270 g/mol. The van der Waals surface area contributed by atoms with E-state index in [1.54, 1.807) is 0 Å². The first-order valence-electron chi connectivity index (χ1n) is 7.58. The highest BCUT2D eigenvalue weighted by Crippen LogP contribution is 2.05. The van der Waals surface area contributed by atoms with Crippen molar-refractivity contribution in [3.63, 3.8) is 0 Å². The summed E-state index contributed by atoms with van der Waals surface area (Å²) in [6, 6.07) is 0.0333. The molecule has 1 amide bonds. The maximum absolute atomic E-state index is 11.8. The van der Waals surface area contributed by atoms with Crippen LogP contribution in [0, 0.1) is 0 Å². The van der Waals surface area contributed by atoms with Crippen molar-refractivity contribution in [3.05, 3.63) is 0 Å². The highest BCUT2D eigenvalue weighted by Gasteiger charge is 2.21. The highest BCUT2D eigenvalue weighted by molar-refractivity contribution is 5.81. The van der Waals surface area contributed by atoms with Gasteiger partial charge in [0.1, 0.15) is 0 Å². The molecule has 3 N–H and O–H groups in total. The molecule has 1 heterocycles. The van der Waals surface area contributed by atoms with E-state index in [2.05, 4.69) is 29.0 Å². The second-order valence-electron chi connectivity index (χ2n) is 5.46. The summed E-state index contributed by atoms with van der Waals surface area (Å²) in [6.45, 7) is 12.7. The van der Waals surface area contributed by atoms with Gasteiger partial charge < -0.3 is 16.0 Å². The number of amides is 1. The van der Waals surface area contributed by atoms with E-state index < -0.39 is 0 Å². The first-order valence-corrected chi connectivity index (χ1v) is 7.58. The summed E-state index contributed by atoms with van der Waals surface area (Å²) < 4.78 is 0. The lowest BCUT2D eigenvalue weighted by Gasteiger charge is -2.37. The van der Waals surface area contributed by atoms with Gasteiger partial charge >= 0.3 is 0 Å². The van der Waals surface area contributed by atoms with Gasteiger partial charge in [-0.15, -0.1) is 0 Å². The van der Waals surface area contributed by atoms with E-state index in [1.165, 1.54) is 0 Å². The minimum absolute atomic E-state index is 0.0131. The first kappa shape index (κ1) is 16.4. The van der Waals surface area contributed by atoms with E-state index in [0.717, 1.165) is 45.6 Å². The highest BCUT2D eigenvalue weighted by atomic mass is 16.2. The molecule has 2 unspecified atom stereocenters. The van der Waals surface area contributed by atoms with E-state index in [0.29, 0.717) is 12.6 Å². The van der Waals surface area contributed by atoms with Crippen LogP contribution in [0.1, 0.15) is 33.6 Å². The minimum atomic E-state index is -0.353. The van der Waals surface area contributed by atoms with Gasteiger partial charge in [0.2, 0.25) is 5.91 Å². The van der Waals surface area contributed by atoms with Crippen LogP contribution in [0.4, 0.5) is 0 Å². The molecule has 0 saturated carbocycles. The lowest BCUT2D eigenvalue weighted by molar-refractivity contribution is -0.122. The summed E-state index contributed by atoms with van der Waals surface area (Å²) in [7, 11) is 0. The first-order chi connectivity index (χ1) is 9.08. The van der Waals surface area contributed by atoms with E-state index >= 15 is 0 Å². The maximum atomic E-state index is 11.8. The molecule has 1 saturated heterocycles. The van der Waals surface area contributed by atoms with Crippen molar-refractivity contribution < 1.29 is 4.79 Å². The Morgan fingerprint density at radius 1 is 1.26 bits per heavy atom. The van der Waals surface area contributed by atoms with Crippen LogP contribution >= 0.6 is 0 Å². The number of carbonyl (C=O) groups excluding carboxylic acids is 1. The largest absolute Gasteiger partial charge is 0.353 e. The Labute approximate surface area is 117 Å². The van der Waals surface area contributed by atoms with E-state index in [9.17, 15) is 4.79 Å². The number of nitrogens with two attached hydrogens (primary N) is 1. The molecule has 5 heteroatoms. The zero-order valence-electron chi connectivity index (χ0n) is 12.7. The van der Waals surface area contributed by atoms with Gasteiger partial charge in [-0.05, 0) is 19.9 Å². The lowest BCUT2D eigenvalue weighted by atomic mass is 10.1. The molecule has 0 radical (unpaired) electrons. The topological polar surface area (TPSA) is 61.6 Å². The molecule has 0 aromatic carbocycles. The van der Waals surface area contributed by atoms with Crippen LogP contribution in [0.3, 0.4) is 0 Å². The second-order valence-corrected chi connectivity index (χ2v) is 5.46. The van der Waals surface area contributed by atoms with Crippen LogP contribution < -0.4 is 11.1 Å². The Morgan fingerprint density at radius 3 is 2.42 bits per heavy atom. The van der Waals surface area contributed by atoms with Gasteiger partial charge in [0.25, 0.3) is 0 Å². The van der Waals surface area contributed by atoms with Crippen LogP contribution in [0.2, 0.25) is 0 Å². The average Bonchev–Trinajstić information content (AvgIpc) is 2.44. The van der Waals surface area contributed by atoms with Crippen LogP contribution in [0.15, 0.2) is 0 Å². The zero-order valence-corrected chi connectivity index (χ0v) is 12.7. The molecular weight excluding hydrogens is 240 g/mol. The standard InChI is InChI=1S/C14H30N4O/c1-4-6-13(15)14(19)16-11-12(3)18-9-7-17(5-2)8-10-18/h12-13H,4-11,15H2,1-3H3,(H,16,19). The predicted molar refractivity (Wildman–Crippen MR) is 79.0 cm³/mol. The van der Waals surface area contributed by atoms with Crippen LogP contribution in [-0.4, -0.2) is 67.1 Å². The molecule has 0 bridgehead atoms. The lowest BCUT2D eigenvalue weighted by Crippen LogP contribution is -2.53. The van der Waals surface area contributed by atoms with Gasteiger partial charge in [-0.2, -0.15) is 0 Å². The molecular formula is C14H30N4O. The van der Waals surface area contributed by atoms with Crippen molar-refractivity contribution in [2.75, 3.05) is 39.3 Å². The van der Waals surface area contributed by atoms with E-state index in [1.807, 2.05) is 6.92 Å². The molecule has 0 aliphatic carbocycles. The minimum Gasteiger partial charge on any atom is -0.353 e. The normalized spacial score (nSPS) is 21.1. The van der Waals surface area contributed by atoms with Crippen molar-refractivity contribution >= 4 is 5.91 Å². The fraction of sp³-hybridized carbons (Fsp3) is 0.929. The molecule has 0 aromatic heterocycles. The van der Waals surface area contributed by atoms with Crippen molar-refractivity contribution in [1.82, 2.24) is 15.1 Å². The summed E-state index contributed by atoms with van der Waals surface area (Å²) >= 11 is 0. The van der Waals surface area contributed by atoms with Crippen LogP contribution in [-0.2, 0) is 4.79 Å². The van der Waals surface area contributed by atoms with Crippen molar-refractivity contribution in [2.24, 2.45) is 5.73 Å². The smallest absolute Gasteiger partial charge is 0.236 e. The Kier molecular flexibility index (Phi) is 7.34. The third kappa shape index (κ3) is 5.47. The van der Waals surface area contributed by atoms with Crippen LogP contribution in [0.5, 0.6) is 0 Å². The number of rotatable bonds is 7. The SMILES string of the molecule is CCCC(N)C(=O)NCC(C)N1CCN(CC)CC1. The fourth-order valence-corrected chi connectivity index (χ4v) is 2.47. The number of hydrogen-bond donors (Lipinski definition) is 2. The van der Waals surface area contributed by atoms with E-state index in [-0.39, 0.29) is 11.9 Å². The Morgan fingerprint density at radius 2 is 1.89 bits per heavy atom. The summed E-state index contributed by atoms with van der Waals surface area (Å²) in [6.07, 6.45) is 1.71. The Balaban J connectivity index is 2.24. The zero-order chi connectivity index (χ0) is 14.3. The fourth-order valence-electron chi connectivity index (χ4n) is 2.47. The predicted octanol–water partition coefficient (Wildman–Crippen LogP) is 0.256. The number of likely N-dealkylation sites (N-methyl/N-ethyl adjacent to an activating group) is 1. The molecule has 1 aliphatic rings.